The molecule has 0 atom stereocenters. The maximum absolute atomic E-state index is 13.5. The Morgan fingerprint density at radius 2 is 1.85 bits per heavy atom. The summed E-state index contributed by atoms with van der Waals surface area (Å²) in [6, 6.07) is 10.0. The van der Waals surface area contributed by atoms with Gasteiger partial charge in [-0.25, -0.2) is 4.39 Å². The molecule has 0 radical (unpaired) electrons. The molecular formula is C15H14FNO3. The monoisotopic (exact) mass is 275 g/mol. The van der Waals surface area contributed by atoms with Crippen LogP contribution in [-0.4, -0.2) is 28.1 Å². The highest BCUT2D eigenvalue weighted by Crippen LogP contribution is 2.25. The molecule has 0 unspecified atom stereocenters. The van der Waals surface area contributed by atoms with Crippen LogP contribution in [0.1, 0.15) is 15.9 Å². The van der Waals surface area contributed by atoms with Crippen molar-refractivity contribution in [1.29, 1.82) is 0 Å². The molecule has 0 bridgehead atoms. The van der Waals surface area contributed by atoms with Crippen LogP contribution in [0.3, 0.4) is 0 Å². The summed E-state index contributed by atoms with van der Waals surface area (Å²) in [6.45, 7) is 0.118. The smallest absolute Gasteiger partial charge is 0.254 e. The molecule has 2 N–H and O–H groups in total. The second-order valence-corrected chi connectivity index (χ2v) is 4.46. The summed E-state index contributed by atoms with van der Waals surface area (Å²) in [5, 5.41) is 18.6. The molecule has 0 fully saturated rings. The lowest BCUT2D eigenvalue weighted by Gasteiger charge is -2.18. The van der Waals surface area contributed by atoms with E-state index in [-0.39, 0.29) is 35.3 Å². The Morgan fingerprint density at radius 3 is 2.50 bits per heavy atom. The molecule has 5 heteroatoms. The SMILES string of the molecule is CN(Cc1ccccc1F)C(=O)c1ccc(O)c(O)c1. The summed E-state index contributed by atoms with van der Waals surface area (Å²) in [6.07, 6.45) is 0. The summed E-state index contributed by atoms with van der Waals surface area (Å²) < 4.78 is 13.5. The Balaban J connectivity index is 2.16. The number of phenolic OH excluding ortho intramolecular Hbond substituents is 2. The Kier molecular flexibility index (Phi) is 3.89. The van der Waals surface area contributed by atoms with Gasteiger partial charge in [-0.05, 0) is 24.3 Å². The molecule has 0 spiro atoms. The number of carbonyl (C=O) groups is 1. The molecule has 1 amide bonds. The summed E-state index contributed by atoms with van der Waals surface area (Å²) >= 11 is 0. The Hall–Kier alpha value is -2.56. The van der Waals surface area contributed by atoms with E-state index in [0.717, 1.165) is 0 Å². The number of aromatic hydroxyl groups is 2. The van der Waals surface area contributed by atoms with Gasteiger partial charge in [0.05, 0.1) is 0 Å². The number of rotatable bonds is 3. The van der Waals surface area contributed by atoms with Crippen LogP contribution >= 0.6 is 0 Å². The van der Waals surface area contributed by atoms with Crippen LogP contribution in [0.4, 0.5) is 4.39 Å². The molecule has 0 heterocycles. The van der Waals surface area contributed by atoms with E-state index in [1.165, 1.54) is 29.2 Å². The van der Waals surface area contributed by atoms with Gasteiger partial charge in [0, 0.05) is 24.7 Å². The van der Waals surface area contributed by atoms with Crippen molar-refractivity contribution in [3.8, 4) is 11.5 Å². The number of hydrogen-bond donors (Lipinski definition) is 2. The third kappa shape index (κ3) is 2.88. The van der Waals surface area contributed by atoms with Crippen molar-refractivity contribution in [2.24, 2.45) is 0 Å². The van der Waals surface area contributed by atoms with E-state index < -0.39 is 0 Å². The van der Waals surface area contributed by atoms with E-state index in [1.807, 2.05) is 0 Å². The molecule has 2 aromatic rings. The fourth-order valence-electron chi connectivity index (χ4n) is 1.83. The Labute approximate surface area is 115 Å². The molecule has 0 aliphatic carbocycles. The van der Waals surface area contributed by atoms with E-state index in [1.54, 1.807) is 25.2 Å². The fraction of sp³-hybridized carbons (Fsp3) is 0.133. The molecule has 104 valence electrons. The number of benzene rings is 2. The van der Waals surface area contributed by atoms with Crippen molar-refractivity contribution < 1.29 is 19.4 Å². The Morgan fingerprint density at radius 1 is 1.15 bits per heavy atom. The van der Waals surface area contributed by atoms with Gasteiger partial charge in [-0.2, -0.15) is 0 Å². The van der Waals surface area contributed by atoms with Crippen LogP contribution in [0.25, 0.3) is 0 Å². The standard InChI is InChI=1S/C15H14FNO3/c1-17(9-11-4-2-3-5-12(11)16)15(20)10-6-7-13(18)14(19)8-10/h2-8,18-19H,9H2,1H3. The Bertz CT molecular complexity index is 643. The van der Waals surface area contributed by atoms with Crippen molar-refractivity contribution in [3.05, 3.63) is 59.4 Å². The second-order valence-electron chi connectivity index (χ2n) is 4.46. The first-order valence-electron chi connectivity index (χ1n) is 6.00. The highest BCUT2D eigenvalue weighted by molar-refractivity contribution is 5.94. The number of halogens is 1. The van der Waals surface area contributed by atoms with E-state index >= 15 is 0 Å². The van der Waals surface area contributed by atoms with Gasteiger partial charge in [0.2, 0.25) is 0 Å². The maximum atomic E-state index is 13.5. The van der Waals surface area contributed by atoms with E-state index in [2.05, 4.69) is 0 Å². The highest BCUT2D eigenvalue weighted by atomic mass is 19.1. The molecular weight excluding hydrogens is 261 g/mol. The van der Waals surface area contributed by atoms with Gasteiger partial charge in [-0.1, -0.05) is 18.2 Å². The molecule has 4 nitrogen and oxygen atoms in total. The van der Waals surface area contributed by atoms with Crippen molar-refractivity contribution in [2.75, 3.05) is 7.05 Å². The van der Waals surface area contributed by atoms with Gasteiger partial charge in [0.15, 0.2) is 11.5 Å². The predicted octanol–water partition coefficient (Wildman–Crippen LogP) is 2.51. The van der Waals surface area contributed by atoms with Crippen LogP contribution in [0, 0.1) is 5.82 Å². The second kappa shape index (κ2) is 5.61. The van der Waals surface area contributed by atoms with E-state index in [4.69, 9.17) is 0 Å². The van der Waals surface area contributed by atoms with Crippen LogP contribution < -0.4 is 0 Å². The topological polar surface area (TPSA) is 60.8 Å². The van der Waals surface area contributed by atoms with Gasteiger partial charge in [0.25, 0.3) is 5.91 Å². The van der Waals surface area contributed by atoms with E-state index in [9.17, 15) is 19.4 Å². The van der Waals surface area contributed by atoms with E-state index in [0.29, 0.717) is 5.56 Å². The fourth-order valence-corrected chi connectivity index (χ4v) is 1.83. The predicted molar refractivity (Wildman–Crippen MR) is 72.0 cm³/mol. The van der Waals surface area contributed by atoms with Crippen LogP contribution in [0.2, 0.25) is 0 Å². The van der Waals surface area contributed by atoms with Gasteiger partial charge >= 0.3 is 0 Å². The highest BCUT2D eigenvalue weighted by Gasteiger charge is 2.15. The number of phenols is 2. The molecule has 20 heavy (non-hydrogen) atoms. The first-order valence-corrected chi connectivity index (χ1v) is 6.00. The molecule has 0 saturated heterocycles. The minimum absolute atomic E-state index is 0.118. The zero-order valence-corrected chi connectivity index (χ0v) is 10.9. The molecule has 0 aliphatic heterocycles. The van der Waals surface area contributed by atoms with Gasteiger partial charge in [-0.3, -0.25) is 4.79 Å². The third-order valence-electron chi connectivity index (χ3n) is 2.93. The minimum atomic E-state index is -0.374. The van der Waals surface area contributed by atoms with Gasteiger partial charge in [-0.15, -0.1) is 0 Å². The summed E-state index contributed by atoms with van der Waals surface area (Å²) in [7, 11) is 1.54. The third-order valence-corrected chi connectivity index (χ3v) is 2.93. The first kappa shape index (κ1) is 13.9. The zero-order valence-electron chi connectivity index (χ0n) is 10.9. The average molecular weight is 275 g/mol. The number of hydrogen-bond acceptors (Lipinski definition) is 3. The maximum Gasteiger partial charge on any atom is 0.254 e. The number of nitrogens with zero attached hydrogens (tertiary/aromatic N) is 1. The minimum Gasteiger partial charge on any atom is -0.504 e. The van der Waals surface area contributed by atoms with Crippen molar-refractivity contribution in [3.63, 3.8) is 0 Å². The van der Waals surface area contributed by atoms with Crippen LogP contribution in [-0.2, 0) is 6.54 Å². The lowest BCUT2D eigenvalue weighted by molar-refractivity contribution is 0.0783. The quantitative estimate of drug-likeness (QED) is 0.846. The molecule has 0 saturated carbocycles. The van der Waals surface area contributed by atoms with Crippen LogP contribution in [0.5, 0.6) is 11.5 Å². The zero-order chi connectivity index (χ0) is 14.7. The summed E-state index contributed by atoms with van der Waals surface area (Å²) in [5.41, 5.74) is 0.630. The summed E-state index contributed by atoms with van der Waals surface area (Å²) in [5.74, 6) is -1.40. The van der Waals surface area contributed by atoms with Crippen LogP contribution in [0.15, 0.2) is 42.5 Å². The van der Waals surface area contributed by atoms with Crippen molar-refractivity contribution >= 4 is 5.91 Å². The normalized spacial score (nSPS) is 10.3. The van der Waals surface area contributed by atoms with Gasteiger partial charge in [0.1, 0.15) is 5.82 Å². The lowest BCUT2D eigenvalue weighted by atomic mass is 10.1. The number of carbonyl (C=O) groups excluding carboxylic acids is 1. The molecule has 2 aromatic carbocycles. The molecule has 0 aliphatic rings. The average Bonchev–Trinajstić information content (AvgIpc) is 2.43. The summed E-state index contributed by atoms with van der Waals surface area (Å²) in [4.78, 5) is 13.5. The van der Waals surface area contributed by atoms with Crippen molar-refractivity contribution in [2.45, 2.75) is 6.54 Å². The molecule has 2 rings (SSSR count). The van der Waals surface area contributed by atoms with Crippen molar-refractivity contribution in [1.82, 2.24) is 4.90 Å². The lowest BCUT2D eigenvalue weighted by Crippen LogP contribution is -2.26. The number of amides is 1. The molecule has 0 aromatic heterocycles. The largest absolute Gasteiger partial charge is 0.504 e. The van der Waals surface area contributed by atoms with Gasteiger partial charge < -0.3 is 15.1 Å². The first-order chi connectivity index (χ1) is 9.49.